The van der Waals surface area contributed by atoms with E-state index in [-0.39, 0.29) is 23.9 Å². The van der Waals surface area contributed by atoms with Crippen LogP contribution in [0, 0.1) is 5.92 Å². The Morgan fingerprint density at radius 3 is 2.31 bits per heavy atom. The summed E-state index contributed by atoms with van der Waals surface area (Å²) in [5.41, 5.74) is 1.17. The summed E-state index contributed by atoms with van der Waals surface area (Å²) in [4.78, 5) is 13.7. The van der Waals surface area contributed by atoms with Crippen LogP contribution in [0.4, 0.5) is 0 Å². The molecule has 1 aliphatic heterocycles. The molecule has 0 bridgehead atoms. The summed E-state index contributed by atoms with van der Waals surface area (Å²) in [5.74, 6) is 0.332. The Morgan fingerprint density at radius 1 is 1.25 bits per heavy atom. The highest BCUT2D eigenvalue weighted by molar-refractivity contribution is 6.30. The summed E-state index contributed by atoms with van der Waals surface area (Å²) in [6.45, 7) is 6.08. The first-order chi connectivity index (χ1) is 7.52. The average molecular weight is 238 g/mol. The summed E-state index contributed by atoms with van der Waals surface area (Å²) >= 11 is 5.86. The van der Waals surface area contributed by atoms with E-state index in [1.165, 1.54) is 5.56 Å². The summed E-state index contributed by atoms with van der Waals surface area (Å²) in [7, 11) is 0. The summed E-state index contributed by atoms with van der Waals surface area (Å²) in [6, 6.07) is 8.24. The second-order valence-corrected chi connectivity index (χ2v) is 5.06. The first-order valence-electron chi connectivity index (χ1n) is 5.60. The van der Waals surface area contributed by atoms with Crippen molar-refractivity contribution in [2.24, 2.45) is 5.92 Å². The molecular formula is C13H16ClNO. The molecule has 2 nitrogen and oxygen atoms in total. The number of hydrogen-bond donors (Lipinski definition) is 0. The Bertz CT molecular complexity index is 399. The molecule has 2 atom stereocenters. The summed E-state index contributed by atoms with van der Waals surface area (Å²) in [5, 5.41) is 0.734. The molecule has 1 amide bonds. The van der Waals surface area contributed by atoms with Gasteiger partial charge in [0.15, 0.2) is 0 Å². The molecule has 86 valence electrons. The van der Waals surface area contributed by atoms with Gasteiger partial charge in [0.2, 0.25) is 5.91 Å². The van der Waals surface area contributed by atoms with Gasteiger partial charge in [-0.1, -0.05) is 30.7 Å². The van der Waals surface area contributed by atoms with Crippen LogP contribution in [0.25, 0.3) is 0 Å². The van der Waals surface area contributed by atoms with E-state index in [1.54, 1.807) is 0 Å². The van der Waals surface area contributed by atoms with Gasteiger partial charge in [-0.05, 0) is 31.5 Å². The molecule has 1 saturated heterocycles. The van der Waals surface area contributed by atoms with Crippen molar-refractivity contribution in [2.45, 2.75) is 32.9 Å². The van der Waals surface area contributed by atoms with Gasteiger partial charge in [-0.2, -0.15) is 0 Å². The maximum atomic E-state index is 11.8. The highest BCUT2D eigenvalue weighted by atomic mass is 35.5. The van der Waals surface area contributed by atoms with Crippen LogP contribution in [0.15, 0.2) is 24.3 Å². The maximum Gasteiger partial charge on any atom is 0.228 e. The molecule has 1 heterocycles. The minimum Gasteiger partial charge on any atom is -0.332 e. The van der Waals surface area contributed by atoms with Crippen molar-refractivity contribution in [1.29, 1.82) is 0 Å². The minimum atomic E-state index is 0.0866. The van der Waals surface area contributed by atoms with Crippen molar-refractivity contribution in [3.05, 3.63) is 34.9 Å². The third kappa shape index (κ3) is 1.71. The lowest BCUT2D eigenvalue weighted by Gasteiger charge is -2.48. The number of β-lactam (4-membered cyclic amide) rings is 1. The van der Waals surface area contributed by atoms with E-state index in [2.05, 4.69) is 0 Å². The average Bonchev–Trinajstić information content (AvgIpc) is 2.25. The maximum absolute atomic E-state index is 11.8. The van der Waals surface area contributed by atoms with Gasteiger partial charge in [0, 0.05) is 11.1 Å². The molecule has 0 saturated carbocycles. The quantitative estimate of drug-likeness (QED) is 0.723. The SMILES string of the molecule is CC(C)N1C(=O)[C@H](C)[C@@H]1c1ccc(Cl)cc1. The zero-order valence-electron chi connectivity index (χ0n) is 9.77. The molecule has 0 radical (unpaired) electrons. The fraction of sp³-hybridized carbons (Fsp3) is 0.462. The molecule has 1 aromatic rings. The summed E-state index contributed by atoms with van der Waals surface area (Å²) in [6.07, 6.45) is 0. The zero-order valence-corrected chi connectivity index (χ0v) is 10.5. The van der Waals surface area contributed by atoms with Crippen LogP contribution >= 0.6 is 11.6 Å². The zero-order chi connectivity index (χ0) is 11.9. The van der Waals surface area contributed by atoms with Gasteiger partial charge in [0.1, 0.15) is 0 Å². The van der Waals surface area contributed by atoms with Crippen molar-refractivity contribution < 1.29 is 4.79 Å². The number of carbonyl (C=O) groups is 1. The van der Waals surface area contributed by atoms with Crippen LogP contribution in [0.1, 0.15) is 32.4 Å². The number of rotatable bonds is 2. The molecular weight excluding hydrogens is 222 g/mol. The van der Waals surface area contributed by atoms with Gasteiger partial charge < -0.3 is 4.90 Å². The monoisotopic (exact) mass is 237 g/mol. The Hall–Kier alpha value is -1.02. The fourth-order valence-electron chi connectivity index (χ4n) is 2.35. The number of likely N-dealkylation sites (tertiary alicyclic amines) is 1. The molecule has 1 aliphatic rings. The van der Waals surface area contributed by atoms with Gasteiger partial charge in [0.05, 0.1) is 12.0 Å². The largest absolute Gasteiger partial charge is 0.332 e. The lowest BCUT2D eigenvalue weighted by Crippen LogP contribution is -2.56. The Balaban J connectivity index is 2.26. The van der Waals surface area contributed by atoms with Crippen LogP contribution in [0.2, 0.25) is 5.02 Å². The van der Waals surface area contributed by atoms with Crippen LogP contribution in [0.3, 0.4) is 0 Å². The fourth-order valence-corrected chi connectivity index (χ4v) is 2.48. The van der Waals surface area contributed by atoms with Crippen molar-refractivity contribution in [1.82, 2.24) is 4.90 Å². The predicted octanol–water partition coefficient (Wildman–Crippen LogP) is 3.27. The number of benzene rings is 1. The molecule has 1 fully saturated rings. The standard InChI is InChI=1S/C13H16ClNO/c1-8(2)15-12(9(3)13(15)16)10-4-6-11(14)7-5-10/h4-9,12H,1-3H3/t9-,12-/m1/s1. The van der Waals surface area contributed by atoms with Gasteiger partial charge in [-0.3, -0.25) is 4.79 Å². The lowest BCUT2D eigenvalue weighted by molar-refractivity contribution is -0.158. The molecule has 0 N–H and O–H groups in total. The van der Waals surface area contributed by atoms with Crippen LogP contribution in [0.5, 0.6) is 0 Å². The van der Waals surface area contributed by atoms with Crippen molar-refractivity contribution >= 4 is 17.5 Å². The first-order valence-corrected chi connectivity index (χ1v) is 5.98. The van der Waals surface area contributed by atoms with Crippen molar-refractivity contribution in [3.8, 4) is 0 Å². The molecule has 1 aromatic carbocycles. The third-order valence-corrected chi connectivity index (χ3v) is 3.44. The highest BCUT2D eigenvalue weighted by Gasteiger charge is 2.45. The normalized spacial score (nSPS) is 24.8. The first kappa shape index (κ1) is 11.5. The second-order valence-electron chi connectivity index (χ2n) is 4.62. The Morgan fingerprint density at radius 2 is 1.81 bits per heavy atom. The van der Waals surface area contributed by atoms with Crippen LogP contribution < -0.4 is 0 Å². The molecule has 0 aromatic heterocycles. The number of halogens is 1. The van der Waals surface area contributed by atoms with Crippen molar-refractivity contribution in [2.75, 3.05) is 0 Å². The van der Waals surface area contributed by atoms with Crippen molar-refractivity contribution in [3.63, 3.8) is 0 Å². The van der Waals surface area contributed by atoms with Gasteiger partial charge >= 0.3 is 0 Å². The third-order valence-electron chi connectivity index (χ3n) is 3.19. The number of hydrogen-bond acceptors (Lipinski definition) is 1. The van der Waals surface area contributed by atoms with E-state index >= 15 is 0 Å². The highest BCUT2D eigenvalue weighted by Crippen LogP contribution is 2.41. The molecule has 0 unspecified atom stereocenters. The van der Waals surface area contributed by atoms with E-state index in [0.29, 0.717) is 0 Å². The van der Waals surface area contributed by atoms with Crippen LogP contribution in [-0.2, 0) is 4.79 Å². The van der Waals surface area contributed by atoms with E-state index in [9.17, 15) is 4.79 Å². The molecule has 2 rings (SSSR count). The lowest BCUT2D eigenvalue weighted by atomic mass is 9.82. The van der Waals surface area contributed by atoms with Gasteiger partial charge in [0.25, 0.3) is 0 Å². The van der Waals surface area contributed by atoms with Gasteiger partial charge in [-0.15, -0.1) is 0 Å². The van der Waals surface area contributed by atoms with Crippen LogP contribution in [-0.4, -0.2) is 16.8 Å². The minimum absolute atomic E-state index is 0.0866. The van der Waals surface area contributed by atoms with E-state index in [1.807, 2.05) is 49.9 Å². The van der Waals surface area contributed by atoms with E-state index < -0.39 is 0 Å². The Labute approximate surface area is 101 Å². The predicted molar refractivity (Wildman–Crippen MR) is 65.3 cm³/mol. The number of carbonyl (C=O) groups excluding carboxylic acids is 1. The smallest absolute Gasteiger partial charge is 0.228 e. The molecule has 16 heavy (non-hydrogen) atoms. The topological polar surface area (TPSA) is 20.3 Å². The number of nitrogens with zero attached hydrogens (tertiary/aromatic N) is 1. The summed E-state index contributed by atoms with van der Waals surface area (Å²) < 4.78 is 0. The van der Waals surface area contributed by atoms with E-state index in [4.69, 9.17) is 11.6 Å². The molecule has 0 aliphatic carbocycles. The van der Waals surface area contributed by atoms with Gasteiger partial charge in [-0.25, -0.2) is 0 Å². The molecule has 0 spiro atoms. The number of amides is 1. The second kappa shape index (κ2) is 4.10. The Kier molecular flexibility index (Phi) is 2.94. The van der Waals surface area contributed by atoms with E-state index in [0.717, 1.165) is 5.02 Å². The molecule has 3 heteroatoms.